The molecular formula is C13H16NS4+. The molecule has 4 aliphatic carbocycles. The molecule has 18 heavy (non-hydrogen) atoms. The van der Waals surface area contributed by atoms with E-state index in [9.17, 15) is 0 Å². The Morgan fingerprint density at radius 3 is 1.67 bits per heavy atom. The average molecular weight is 315 g/mol. The van der Waals surface area contributed by atoms with Gasteiger partial charge in [0.25, 0.3) is 0 Å². The topological polar surface area (TPSA) is 0 Å². The zero-order valence-corrected chi connectivity index (χ0v) is 13.8. The van der Waals surface area contributed by atoms with Gasteiger partial charge in [-0.05, 0) is 42.9 Å². The van der Waals surface area contributed by atoms with E-state index in [1.165, 1.54) is 19.3 Å². The zero-order chi connectivity index (χ0) is 12.1. The molecule has 2 unspecified atom stereocenters. The molecule has 96 valence electrons. The van der Waals surface area contributed by atoms with Crippen molar-refractivity contribution in [1.29, 1.82) is 0 Å². The van der Waals surface area contributed by atoms with E-state index in [0.717, 1.165) is 25.8 Å². The van der Waals surface area contributed by atoms with Crippen LogP contribution in [0.1, 0.15) is 33.1 Å². The standard InChI is InChI=1S/C13H16NS4/c1-6-3-7(2)11-10(6)15-14(16-11)17-12-8-4-9(5-8)13(12)18-14/h6-9H,3-5H2,1-2H3/q+1. The zero-order valence-electron chi connectivity index (χ0n) is 10.5. The van der Waals surface area contributed by atoms with Crippen molar-refractivity contribution in [3.05, 3.63) is 19.6 Å². The number of quaternary nitrogens is 1. The maximum atomic E-state index is 2.41. The van der Waals surface area contributed by atoms with E-state index in [2.05, 4.69) is 61.6 Å². The maximum Gasteiger partial charge on any atom is 0.149 e. The van der Waals surface area contributed by atoms with Gasteiger partial charge in [-0.1, -0.05) is 16.0 Å². The quantitative estimate of drug-likeness (QED) is 0.424. The molecule has 2 aliphatic heterocycles. The highest BCUT2D eigenvalue weighted by molar-refractivity contribution is 8.35. The predicted molar refractivity (Wildman–Crippen MR) is 83.8 cm³/mol. The van der Waals surface area contributed by atoms with Gasteiger partial charge in [0.1, 0.15) is 47.8 Å². The van der Waals surface area contributed by atoms with Gasteiger partial charge in [-0.25, -0.2) is 0 Å². The van der Waals surface area contributed by atoms with Crippen LogP contribution in [0.15, 0.2) is 19.6 Å². The first-order chi connectivity index (χ1) is 8.65. The number of allylic oxidation sites excluding steroid dienone is 4. The Morgan fingerprint density at radius 1 is 0.722 bits per heavy atom. The lowest BCUT2D eigenvalue weighted by Crippen LogP contribution is -2.21. The fourth-order valence-corrected chi connectivity index (χ4v) is 11.3. The van der Waals surface area contributed by atoms with Gasteiger partial charge in [0.15, 0.2) is 0 Å². The average Bonchev–Trinajstić information content (AvgIpc) is 2.95. The van der Waals surface area contributed by atoms with Crippen molar-refractivity contribution in [2.45, 2.75) is 33.1 Å². The monoisotopic (exact) mass is 314 g/mol. The van der Waals surface area contributed by atoms with E-state index in [0.29, 0.717) is 0 Å². The molecule has 0 N–H and O–H groups in total. The molecule has 1 fully saturated rings. The molecule has 6 rings (SSSR count). The number of hydrogen-bond acceptors (Lipinski definition) is 4. The van der Waals surface area contributed by atoms with Crippen molar-refractivity contribution in [1.82, 2.24) is 0 Å². The molecule has 1 nitrogen and oxygen atoms in total. The Balaban J connectivity index is 1.43. The van der Waals surface area contributed by atoms with Crippen LogP contribution < -0.4 is 0 Å². The van der Waals surface area contributed by atoms with Crippen molar-refractivity contribution in [2.24, 2.45) is 23.7 Å². The molecule has 0 saturated heterocycles. The number of rotatable bonds is 0. The van der Waals surface area contributed by atoms with Crippen LogP contribution >= 0.6 is 47.8 Å². The SMILES string of the molecule is CC1CC(C)C2=C1S[N+]1(S2)SC2=C(S1)C1CC2C1. The summed E-state index contributed by atoms with van der Waals surface area (Å²) < 4.78 is 1.09. The van der Waals surface area contributed by atoms with Gasteiger partial charge in [0.05, 0.1) is 19.6 Å². The summed E-state index contributed by atoms with van der Waals surface area (Å²) in [6, 6.07) is 0. The van der Waals surface area contributed by atoms with Crippen molar-refractivity contribution in [2.75, 3.05) is 0 Å². The second-order valence-corrected chi connectivity index (χ2v) is 12.2. The lowest BCUT2D eigenvalue weighted by atomic mass is 9.83. The molecule has 2 atom stereocenters. The Bertz CT molecular complexity index is 475. The summed E-state index contributed by atoms with van der Waals surface area (Å²) in [6.07, 6.45) is 4.32. The fourth-order valence-electron chi connectivity index (χ4n) is 3.78. The van der Waals surface area contributed by atoms with Crippen LogP contribution in [-0.2, 0) is 0 Å². The molecular weight excluding hydrogens is 298 g/mol. The van der Waals surface area contributed by atoms with Gasteiger partial charge in [-0.15, -0.1) is 0 Å². The second kappa shape index (κ2) is 3.53. The van der Waals surface area contributed by atoms with Crippen LogP contribution in [0.5, 0.6) is 0 Å². The smallest absolute Gasteiger partial charge is 0.0632 e. The van der Waals surface area contributed by atoms with Gasteiger partial charge in [0.2, 0.25) is 0 Å². The minimum Gasteiger partial charge on any atom is -0.0632 e. The Morgan fingerprint density at radius 2 is 1.17 bits per heavy atom. The minimum absolute atomic E-state index is 0.802. The van der Waals surface area contributed by atoms with Crippen LogP contribution in [0.3, 0.4) is 0 Å². The fraction of sp³-hybridized carbons (Fsp3) is 0.692. The summed E-state index contributed by atoms with van der Waals surface area (Å²) in [5.74, 6) is 3.50. The highest BCUT2D eigenvalue weighted by atomic mass is 32.3. The highest BCUT2D eigenvalue weighted by Crippen LogP contribution is 2.78. The van der Waals surface area contributed by atoms with Crippen LogP contribution in [0.2, 0.25) is 0 Å². The Labute approximate surface area is 126 Å². The van der Waals surface area contributed by atoms with Crippen molar-refractivity contribution in [3.63, 3.8) is 0 Å². The highest BCUT2D eigenvalue weighted by Gasteiger charge is 2.62. The lowest BCUT2D eigenvalue weighted by Gasteiger charge is -2.30. The van der Waals surface area contributed by atoms with Crippen LogP contribution in [0.4, 0.5) is 0 Å². The van der Waals surface area contributed by atoms with Crippen LogP contribution in [0, 0.1) is 23.7 Å². The van der Waals surface area contributed by atoms with E-state index >= 15 is 0 Å². The van der Waals surface area contributed by atoms with Gasteiger partial charge in [-0.2, -0.15) is 0 Å². The summed E-state index contributed by atoms with van der Waals surface area (Å²) in [7, 11) is 0. The van der Waals surface area contributed by atoms with Gasteiger partial charge in [0, 0.05) is 0 Å². The van der Waals surface area contributed by atoms with E-state index < -0.39 is 0 Å². The van der Waals surface area contributed by atoms with Crippen LogP contribution in [-0.4, -0.2) is 2.10 Å². The molecule has 0 aromatic rings. The largest absolute Gasteiger partial charge is 0.149 e. The first-order valence-electron chi connectivity index (χ1n) is 6.81. The molecule has 1 spiro atoms. The lowest BCUT2D eigenvalue weighted by molar-refractivity contribution is -0.266. The maximum absolute atomic E-state index is 2.41. The molecule has 6 aliphatic rings. The van der Waals surface area contributed by atoms with Gasteiger partial charge in [-0.3, -0.25) is 0 Å². The molecule has 0 aromatic carbocycles. The molecule has 0 radical (unpaired) electrons. The van der Waals surface area contributed by atoms with Crippen LogP contribution in [0.25, 0.3) is 0 Å². The van der Waals surface area contributed by atoms with Gasteiger partial charge < -0.3 is 0 Å². The number of hydrogen-bond donors (Lipinski definition) is 0. The summed E-state index contributed by atoms with van der Waals surface area (Å²) in [4.78, 5) is 6.96. The van der Waals surface area contributed by atoms with E-state index in [-0.39, 0.29) is 0 Å². The molecule has 0 aromatic heterocycles. The Kier molecular flexibility index (Phi) is 2.26. The predicted octanol–water partition coefficient (Wildman–Crippen LogP) is 5.56. The molecule has 0 amide bonds. The van der Waals surface area contributed by atoms with Gasteiger partial charge >= 0.3 is 0 Å². The third-order valence-electron chi connectivity index (χ3n) is 4.81. The normalized spacial score (nSPS) is 52.3. The molecule has 2 heterocycles. The summed E-state index contributed by atoms with van der Waals surface area (Å²) in [5.41, 5.74) is 0. The van der Waals surface area contributed by atoms with Crippen molar-refractivity contribution < 1.29 is 2.10 Å². The van der Waals surface area contributed by atoms with Crippen molar-refractivity contribution in [3.8, 4) is 0 Å². The minimum atomic E-state index is 0.802. The van der Waals surface area contributed by atoms with E-state index in [4.69, 9.17) is 0 Å². The molecule has 5 heteroatoms. The van der Waals surface area contributed by atoms with E-state index in [1.54, 1.807) is 19.6 Å². The number of nitrogens with zero attached hydrogens (tertiary/aromatic N) is 1. The summed E-state index contributed by atoms with van der Waals surface area (Å²) in [5, 5.41) is 0. The molecule has 2 bridgehead atoms. The first-order valence-corrected chi connectivity index (χ1v) is 9.90. The second-order valence-electron chi connectivity index (χ2n) is 6.17. The third kappa shape index (κ3) is 1.31. The van der Waals surface area contributed by atoms with Crippen molar-refractivity contribution >= 4 is 47.8 Å². The summed E-state index contributed by atoms with van der Waals surface area (Å²) >= 11 is 8.63. The summed E-state index contributed by atoms with van der Waals surface area (Å²) in [6.45, 7) is 4.83. The Hall–Kier alpha value is 0.840. The molecule has 1 saturated carbocycles. The van der Waals surface area contributed by atoms with E-state index in [1.807, 2.05) is 0 Å². The third-order valence-corrected chi connectivity index (χ3v) is 11.8. The first kappa shape index (κ1) is 11.5.